The van der Waals surface area contributed by atoms with Crippen molar-refractivity contribution in [2.75, 3.05) is 12.9 Å². The number of hydrogen-bond donors (Lipinski definition) is 1. The Bertz CT molecular complexity index is 540. The van der Waals surface area contributed by atoms with Crippen molar-refractivity contribution < 1.29 is 17.9 Å². The molecule has 1 rings (SSSR count). The van der Waals surface area contributed by atoms with Crippen LogP contribution in [0.2, 0.25) is 0 Å². The van der Waals surface area contributed by atoms with Gasteiger partial charge in [0.15, 0.2) is 9.84 Å². The van der Waals surface area contributed by atoms with Crippen molar-refractivity contribution in [2.24, 2.45) is 11.7 Å². The van der Waals surface area contributed by atoms with Gasteiger partial charge in [-0.25, -0.2) is 8.42 Å². The summed E-state index contributed by atoms with van der Waals surface area (Å²) in [5.41, 5.74) is 6.85. The summed E-state index contributed by atoms with van der Waals surface area (Å²) in [5, 5.41) is -0.830. The maximum Gasteiger partial charge on any atom is 0.320 e. The van der Waals surface area contributed by atoms with E-state index in [1.807, 2.05) is 6.07 Å². The van der Waals surface area contributed by atoms with Crippen LogP contribution in [0.3, 0.4) is 0 Å². The van der Waals surface area contributed by atoms with Crippen LogP contribution in [0, 0.1) is 5.92 Å². The molecule has 0 fully saturated rings. The molecule has 0 amide bonds. The van der Waals surface area contributed by atoms with Gasteiger partial charge in [-0.15, -0.1) is 0 Å². The Morgan fingerprint density at radius 3 is 2.25 bits per heavy atom. The van der Waals surface area contributed by atoms with E-state index in [2.05, 4.69) is 4.74 Å². The van der Waals surface area contributed by atoms with Crippen LogP contribution in [-0.2, 0) is 19.4 Å². The number of carbonyl (C=O) groups is 1. The van der Waals surface area contributed by atoms with E-state index in [0.717, 1.165) is 5.56 Å². The quantitative estimate of drug-likeness (QED) is 0.800. The number of hydrogen-bond acceptors (Lipinski definition) is 5. The van der Waals surface area contributed by atoms with Crippen LogP contribution >= 0.6 is 0 Å². The van der Waals surface area contributed by atoms with Crippen LogP contribution in [0.15, 0.2) is 30.3 Å². The summed E-state index contributed by atoms with van der Waals surface area (Å²) in [5.74, 6) is -1.62. The van der Waals surface area contributed by atoms with Crippen LogP contribution in [0.4, 0.5) is 0 Å². The predicted molar refractivity (Wildman–Crippen MR) is 77.8 cm³/mol. The molecule has 1 aromatic carbocycles. The van der Waals surface area contributed by atoms with Crippen molar-refractivity contribution in [3.05, 3.63) is 35.9 Å². The van der Waals surface area contributed by atoms with Gasteiger partial charge in [0.25, 0.3) is 0 Å². The molecule has 112 valence electrons. The number of carbonyl (C=O) groups excluding carboxylic acids is 1. The average Bonchev–Trinajstić information content (AvgIpc) is 2.38. The lowest BCUT2D eigenvalue weighted by molar-refractivity contribution is -0.137. The first-order valence-electron chi connectivity index (χ1n) is 6.38. The molecule has 5 nitrogen and oxygen atoms in total. The van der Waals surface area contributed by atoms with Gasteiger partial charge in [-0.3, -0.25) is 4.79 Å². The minimum absolute atomic E-state index is 0.208. The fourth-order valence-electron chi connectivity index (χ4n) is 2.24. The van der Waals surface area contributed by atoms with E-state index in [1.54, 1.807) is 38.1 Å². The van der Waals surface area contributed by atoms with Crippen molar-refractivity contribution >= 4 is 15.8 Å². The van der Waals surface area contributed by atoms with E-state index in [4.69, 9.17) is 5.73 Å². The third kappa shape index (κ3) is 4.05. The summed E-state index contributed by atoms with van der Waals surface area (Å²) < 4.78 is 29.2. The normalized spacial score (nSPS) is 14.8. The largest absolute Gasteiger partial charge is 0.468 e. The zero-order valence-corrected chi connectivity index (χ0v) is 12.8. The zero-order valence-electron chi connectivity index (χ0n) is 11.9. The van der Waals surface area contributed by atoms with Gasteiger partial charge in [0.05, 0.1) is 12.4 Å². The molecule has 0 aromatic heterocycles. The zero-order chi connectivity index (χ0) is 15.3. The molecule has 0 aliphatic rings. The van der Waals surface area contributed by atoms with Crippen LogP contribution < -0.4 is 5.73 Å². The molecular weight excluding hydrogens is 278 g/mol. The monoisotopic (exact) mass is 299 g/mol. The highest BCUT2D eigenvalue weighted by molar-refractivity contribution is 7.92. The third-order valence-corrected chi connectivity index (χ3v) is 5.46. The van der Waals surface area contributed by atoms with Gasteiger partial charge in [-0.2, -0.15) is 0 Å². The summed E-state index contributed by atoms with van der Waals surface area (Å²) in [6, 6.07) is 8.34. The number of ether oxygens (including phenoxy) is 1. The smallest absolute Gasteiger partial charge is 0.320 e. The van der Waals surface area contributed by atoms with Crippen molar-refractivity contribution in [3.63, 3.8) is 0 Å². The van der Waals surface area contributed by atoms with E-state index in [9.17, 15) is 13.2 Å². The maximum absolute atomic E-state index is 12.4. The van der Waals surface area contributed by atoms with E-state index >= 15 is 0 Å². The lowest BCUT2D eigenvalue weighted by atomic mass is 9.97. The van der Waals surface area contributed by atoms with Crippen molar-refractivity contribution in [3.8, 4) is 0 Å². The summed E-state index contributed by atoms with van der Waals surface area (Å²) >= 11 is 0. The first-order valence-corrected chi connectivity index (χ1v) is 8.10. The molecule has 6 heteroatoms. The van der Waals surface area contributed by atoms with E-state index in [1.165, 1.54) is 7.11 Å². The molecule has 0 spiro atoms. The lowest BCUT2D eigenvalue weighted by Gasteiger charge is -2.27. The summed E-state index contributed by atoms with van der Waals surface area (Å²) in [6.07, 6.45) is 0. The van der Waals surface area contributed by atoms with Crippen molar-refractivity contribution in [1.29, 1.82) is 0 Å². The topological polar surface area (TPSA) is 86.5 Å². The van der Waals surface area contributed by atoms with Crippen molar-refractivity contribution in [2.45, 2.75) is 25.1 Å². The van der Waals surface area contributed by atoms with Crippen LogP contribution in [0.5, 0.6) is 0 Å². The average molecular weight is 299 g/mol. The molecule has 1 aromatic rings. The second-order valence-corrected chi connectivity index (χ2v) is 7.19. The SMILES string of the molecule is COC(=O)CS(=O)(=O)C(C(C)C)C(N)c1ccccc1. The Kier molecular flexibility index (Phi) is 5.71. The fourth-order valence-corrected chi connectivity index (χ4v) is 4.31. The number of methoxy groups -OCH3 is 1. The minimum Gasteiger partial charge on any atom is -0.468 e. The predicted octanol–water partition coefficient (Wildman–Crippen LogP) is 1.30. The van der Waals surface area contributed by atoms with Gasteiger partial charge in [-0.1, -0.05) is 44.2 Å². The summed E-state index contributed by atoms with van der Waals surface area (Å²) in [6.45, 7) is 3.56. The van der Waals surface area contributed by atoms with E-state index < -0.39 is 32.9 Å². The Hall–Kier alpha value is -1.40. The molecule has 2 atom stereocenters. The van der Waals surface area contributed by atoms with Gasteiger partial charge in [0.1, 0.15) is 5.75 Å². The molecule has 0 saturated heterocycles. The van der Waals surface area contributed by atoms with Gasteiger partial charge in [-0.05, 0) is 11.5 Å². The van der Waals surface area contributed by atoms with E-state index in [-0.39, 0.29) is 5.92 Å². The van der Waals surface area contributed by atoms with Gasteiger partial charge in [0.2, 0.25) is 0 Å². The molecule has 0 aliphatic heterocycles. The molecular formula is C14H21NO4S. The first kappa shape index (κ1) is 16.7. The highest BCUT2D eigenvalue weighted by atomic mass is 32.2. The number of benzene rings is 1. The summed E-state index contributed by atoms with van der Waals surface area (Å²) in [4.78, 5) is 11.3. The highest BCUT2D eigenvalue weighted by Crippen LogP contribution is 2.26. The Morgan fingerprint density at radius 1 is 1.25 bits per heavy atom. The third-order valence-electron chi connectivity index (χ3n) is 3.16. The number of sulfone groups is 1. The molecule has 0 heterocycles. The van der Waals surface area contributed by atoms with Gasteiger partial charge >= 0.3 is 5.97 Å². The van der Waals surface area contributed by atoms with Gasteiger partial charge in [0, 0.05) is 6.04 Å². The fraction of sp³-hybridized carbons (Fsp3) is 0.500. The Labute approximate surface area is 120 Å². The molecule has 2 N–H and O–H groups in total. The molecule has 20 heavy (non-hydrogen) atoms. The van der Waals surface area contributed by atoms with E-state index in [0.29, 0.717) is 0 Å². The Morgan fingerprint density at radius 2 is 1.80 bits per heavy atom. The van der Waals surface area contributed by atoms with Crippen LogP contribution in [0.1, 0.15) is 25.5 Å². The first-order chi connectivity index (χ1) is 9.29. The second kappa shape index (κ2) is 6.85. The molecule has 0 radical (unpaired) electrons. The molecule has 2 unspecified atom stereocenters. The summed E-state index contributed by atoms with van der Waals surface area (Å²) in [7, 11) is -2.51. The number of esters is 1. The highest BCUT2D eigenvalue weighted by Gasteiger charge is 2.36. The maximum atomic E-state index is 12.4. The van der Waals surface area contributed by atoms with Crippen LogP contribution in [-0.4, -0.2) is 32.5 Å². The van der Waals surface area contributed by atoms with Gasteiger partial charge < -0.3 is 10.5 Å². The molecule has 0 saturated carbocycles. The number of rotatable bonds is 6. The minimum atomic E-state index is -3.68. The molecule has 0 bridgehead atoms. The number of nitrogens with two attached hydrogens (primary N) is 1. The van der Waals surface area contributed by atoms with Crippen LogP contribution in [0.25, 0.3) is 0 Å². The Balaban J connectivity index is 3.09. The second-order valence-electron chi connectivity index (χ2n) is 5.03. The molecule has 0 aliphatic carbocycles. The van der Waals surface area contributed by atoms with Crippen molar-refractivity contribution in [1.82, 2.24) is 0 Å². The standard InChI is InChI=1S/C14H21NO4S/c1-10(2)14(20(17,18)9-12(16)19-3)13(15)11-7-5-4-6-8-11/h4-8,10,13-14H,9,15H2,1-3H3. The lowest BCUT2D eigenvalue weighted by Crippen LogP contribution is -2.40.